The molecular weight excluding hydrogens is 256 g/mol. The molecule has 1 aliphatic heterocycles. The summed E-state index contributed by atoms with van der Waals surface area (Å²) >= 11 is 1.62. The van der Waals surface area contributed by atoms with E-state index in [0.717, 1.165) is 23.8 Å². The highest BCUT2D eigenvalue weighted by Gasteiger charge is 2.20. The zero-order valence-corrected chi connectivity index (χ0v) is 13.0. The fourth-order valence-corrected chi connectivity index (χ4v) is 3.45. The molecule has 1 saturated heterocycles. The third kappa shape index (κ3) is 4.39. The number of ketones is 1. The summed E-state index contributed by atoms with van der Waals surface area (Å²) in [5.41, 5.74) is 1.17. The molecule has 1 N–H and O–H groups in total. The number of rotatable bonds is 4. The zero-order valence-electron chi connectivity index (χ0n) is 12.2. The van der Waals surface area contributed by atoms with Gasteiger partial charge in [-0.1, -0.05) is 20.8 Å². The molecule has 4 heteroatoms. The number of nitrogens with zero attached hydrogens (tertiary/aromatic N) is 1. The van der Waals surface area contributed by atoms with Crippen molar-refractivity contribution >= 4 is 17.1 Å². The molecule has 3 nitrogen and oxygen atoms in total. The second kappa shape index (κ2) is 6.14. The summed E-state index contributed by atoms with van der Waals surface area (Å²) in [6, 6.07) is 0. The predicted molar refractivity (Wildman–Crippen MR) is 79.7 cm³/mol. The number of Topliss-reactive ketones (excluding diaryl/α,β-unsaturated/α-hetero) is 1. The van der Waals surface area contributed by atoms with Gasteiger partial charge < -0.3 is 5.32 Å². The Morgan fingerprint density at radius 1 is 1.53 bits per heavy atom. The molecule has 0 radical (unpaired) electrons. The molecule has 0 bridgehead atoms. The van der Waals surface area contributed by atoms with Gasteiger partial charge in [0, 0.05) is 17.2 Å². The van der Waals surface area contributed by atoms with Gasteiger partial charge in [-0.05, 0) is 31.8 Å². The lowest BCUT2D eigenvalue weighted by molar-refractivity contribution is -0.119. The second-order valence-corrected chi connectivity index (χ2v) is 7.45. The van der Waals surface area contributed by atoms with Crippen LogP contribution >= 0.6 is 11.3 Å². The van der Waals surface area contributed by atoms with Crippen molar-refractivity contribution in [3.8, 4) is 0 Å². The summed E-state index contributed by atoms with van der Waals surface area (Å²) in [4.78, 5) is 16.7. The maximum atomic E-state index is 12.1. The van der Waals surface area contributed by atoms with E-state index in [1.807, 2.05) is 0 Å². The molecule has 1 aromatic rings. The molecule has 0 amide bonds. The number of hydrogen-bond donors (Lipinski definition) is 1. The van der Waals surface area contributed by atoms with E-state index < -0.39 is 0 Å². The van der Waals surface area contributed by atoms with Crippen molar-refractivity contribution in [2.75, 3.05) is 13.1 Å². The van der Waals surface area contributed by atoms with Gasteiger partial charge in [-0.25, -0.2) is 4.98 Å². The molecule has 1 atom stereocenters. The van der Waals surface area contributed by atoms with Gasteiger partial charge in [-0.15, -0.1) is 11.3 Å². The third-order valence-electron chi connectivity index (χ3n) is 3.58. The molecule has 19 heavy (non-hydrogen) atoms. The van der Waals surface area contributed by atoms with Crippen LogP contribution in [0.25, 0.3) is 0 Å². The van der Waals surface area contributed by atoms with Crippen molar-refractivity contribution in [2.45, 2.75) is 51.9 Å². The second-order valence-electron chi connectivity index (χ2n) is 6.51. The summed E-state index contributed by atoms with van der Waals surface area (Å²) in [5, 5.41) is 6.42. The van der Waals surface area contributed by atoms with E-state index in [9.17, 15) is 4.79 Å². The number of carbonyl (C=O) groups excluding carboxylic acids is 1. The Morgan fingerprint density at radius 3 is 2.89 bits per heavy atom. The summed E-state index contributed by atoms with van der Waals surface area (Å²) in [5.74, 6) is 0.867. The minimum absolute atomic E-state index is 0.0745. The third-order valence-corrected chi connectivity index (χ3v) is 4.43. The number of piperidine rings is 1. The molecule has 0 aliphatic carbocycles. The summed E-state index contributed by atoms with van der Waals surface area (Å²) in [6.45, 7) is 8.56. The topological polar surface area (TPSA) is 42.0 Å². The smallest absolute Gasteiger partial charge is 0.140 e. The Hall–Kier alpha value is -0.740. The molecule has 1 fully saturated rings. The average Bonchev–Trinajstić information content (AvgIpc) is 2.78. The first-order chi connectivity index (χ1) is 8.95. The van der Waals surface area contributed by atoms with Crippen LogP contribution in [-0.2, 0) is 16.6 Å². The number of hydrogen-bond acceptors (Lipinski definition) is 4. The van der Waals surface area contributed by atoms with Crippen molar-refractivity contribution in [3.63, 3.8) is 0 Å². The van der Waals surface area contributed by atoms with Crippen LogP contribution in [0.1, 0.15) is 50.7 Å². The van der Waals surface area contributed by atoms with Crippen LogP contribution in [-0.4, -0.2) is 23.9 Å². The van der Waals surface area contributed by atoms with Gasteiger partial charge in [0.2, 0.25) is 0 Å². The highest BCUT2D eigenvalue weighted by Crippen LogP contribution is 2.24. The first-order valence-corrected chi connectivity index (χ1v) is 8.00. The van der Waals surface area contributed by atoms with Crippen molar-refractivity contribution in [1.82, 2.24) is 10.3 Å². The lowest BCUT2D eigenvalue weighted by Gasteiger charge is -2.21. The molecule has 1 aromatic heterocycles. The van der Waals surface area contributed by atoms with Crippen molar-refractivity contribution in [3.05, 3.63) is 16.1 Å². The van der Waals surface area contributed by atoms with Gasteiger partial charge in [-0.2, -0.15) is 0 Å². The van der Waals surface area contributed by atoms with Gasteiger partial charge in [0.05, 0.1) is 12.1 Å². The summed E-state index contributed by atoms with van der Waals surface area (Å²) < 4.78 is 0. The van der Waals surface area contributed by atoms with E-state index in [4.69, 9.17) is 0 Å². The Labute approximate surface area is 119 Å². The molecule has 1 aliphatic rings. The molecule has 0 aromatic carbocycles. The van der Waals surface area contributed by atoms with Crippen molar-refractivity contribution in [2.24, 2.45) is 5.92 Å². The predicted octanol–water partition coefficient (Wildman–Crippen LogP) is 2.94. The maximum absolute atomic E-state index is 12.1. The summed E-state index contributed by atoms with van der Waals surface area (Å²) in [7, 11) is 0. The van der Waals surface area contributed by atoms with Crippen LogP contribution < -0.4 is 5.32 Å². The minimum Gasteiger partial charge on any atom is -0.316 e. The van der Waals surface area contributed by atoms with Gasteiger partial charge in [-0.3, -0.25) is 4.79 Å². The SMILES string of the molecule is CC(C)(C)c1csc(CC(=O)CC2CCCNC2)n1. The number of carbonyl (C=O) groups is 1. The lowest BCUT2D eigenvalue weighted by atomic mass is 9.93. The van der Waals surface area contributed by atoms with Gasteiger partial charge >= 0.3 is 0 Å². The molecule has 106 valence electrons. The van der Waals surface area contributed by atoms with E-state index in [0.29, 0.717) is 24.5 Å². The highest BCUT2D eigenvalue weighted by molar-refractivity contribution is 7.09. The van der Waals surface area contributed by atoms with Crippen LogP contribution in [0, 0.1) is 5.92 Å². The standard InChI is InChI=1S/C15H24N2OS/c1-15(2,3)13-10-19-14(17-13)8-12(18)7-11-5-4-6-16-9-11/h10-11,16H,4-9H2,1-3H3. The monoisotopic (exact) mass is 280 g/mol. The van der Waals surface area contributed by atoms with Crippen LogP contribution in [0.3, 0.4) is 0 Å². The summed E-state index contributed by atoms with van der Waals surface area (Å²) in [6.07, 6.45) is 3.60. The maximum Gasteiger partial charge on any atom is 0.140 e. The lowest BCUT2D eigenvalue weighted by Crippen LogP contribution is -2.31. The Balaban J connectivity index is 1.86. The molecule has 2 heterocycles. The fourth-order valence-electron chi connectivity index (χ4n) is 2.40. The van der Waals surface area contributed by atoms with E-state index in [1.54, 1.807) is 11.3 Å². The van der Waals surface area contributed by atoms with Crippen molar-refractivity contribution in [1.29, 1.82) is 0 Å². The molecule has 2 rings (SSSR count). The molecule has 0 spiro atoms. The fraction of sp³-hybridized carbons (Fsp3) is 0.733. The van der Waals surface area contributed by atoms with Gasteiger partial charge in [0.1, 0.15) is 10.8 Å². The molecular formula is C15H24N2OS. The minimum atomic E-state index is 0.0745. The number of aromatic nitrogens is 1. The van der Waals surface area contributed by atoms with E-state index in [1.165, 1.54) is 12.8 Å². The van der Waals surface area contributed by atoms with Gasteiger partial charge in [0.25, 0.3) is 0 Å². The van der Waals surface area contributed by atoms with E-state index >= 15 is 0 Å². The van der Waals surface area contributed by atoms with Crippen LogP contribution in [0.4, 0.5) is 0 Å². The van der Waals surface area contributed by atoms with Gasteiger partial charge in [0.15, 0.2) is 0 Å². The normalized spacial score (nSPS) is 20.5. The van der Waals surface area contributed by atoms with Crippen molar-refractivity contribution < 1.29 is 4.79 Å². The Kier molecular flexibility index (Phi) is 4.74. The quantitative estimate of drug-likeness (QED) is 0.922. The zero-order chi connectivity index (χ0) is 13.9. The Morgan fingerprint density at radius 2 is 2.32 bits per heavy atom. The van der Waals surface area contributed by atoms with Crippen LogP contribution in [0.5, 0.6) is 0 Å². The first-order valence-electron chi connectivity index (χ1n) is 7.12. The van der Waals surface area contributed by atoms with E-state index in [-0.39, 0.29) is 5.41 Å². The highest BCUT2D eigenvalue weighted by atomic mass is 32.1. The first kappa shape index (κ1) is 14.7. The van der Waals surface area contributed by atoms with Crippen LogP contribution in [0.15, 0.2) is 5.38 Å². The molecule has 0 saturated carbocycles. The van der Waals surface area contributed by atoms with E-state index in [2.05, 4.69) is 36.5 Å². The van der Waals surface area contributed by atoms with Crippen LogP contribution in [0.2, 0.25) is 0 Å². The average molecular weight is 280 g/mol. The number of thiazole rings is 1. The Bertz CT molecular complexity index is 428. The number of nitrogens with one attached hydrogen (secondary N) is 1. The molecule has 1 unspecified atom stereocenters. The largest absolute Gasteiger partial charge is 0.316 e.